The van der Waals surface area contributed by atoms with Crippen LogP contribution in [0.25, 0.3) is 16.9 Å². The summed E-state index contributed by atoms with van der Waals surface area (Å²) in [5.74, 6) is 0. The maximum Gasteiger partial charge on any atom is 0.271 e. The first-order valence-electron chi connectivity index (χ1n) is 6.08. The number of aromatic amines is 1. The number of aromatic nitrogens is 2. The van der Waals surface area contributed by atoms with E-state index in [4.69, 9.17) is 34.8 Å². The van der Waals surface area contributed by atoms with Crippen LogP contribution in [0, 0.1) is 0 Å². The summed E-state index contributed by atoms with van der Waals surface area (Å²) in [6.07, 6.45) is 0. The second-order valence-corrected chi connectivity index (χ2v) is 5.68. The van der Waals surface area contributed by atoms with Gasteiger partial charge in [-0.15, -0.1) is 0 Å². The van der Waals surface area contributed by atoms with Crippen molar-refractivity contribution in [2.24, 2.45) is 0 Å². The summed E-state index contributed by atoms with van der Waals surface area (Å²) in [7, 11) is 0. The zero-order chi connectivity index (χ0) is 15.0. The SMILES string of the molecule is O=c1cc(-c2ccccc2)[nH]n1-c1c(Cl)cc(Cl)cc1Cl. The molecular weight excluding hydrogens is 331 g/mol. The van der Waals surface area contributed by atoms with Gasteiger partial charge in [-0.3, -0.25) is 9.89 Å². The molecule has 3 nitrogen and oxygen atoms in total. The standard InChI is InChI=1S/C15H9Cl3N2O/c16-10-6-11(17)15(12(18)7-10)20-14(21)8-13(19-20)9-4-2-1-3-5-9/h1-8,19H. The number of hydrogen-bond donors (Lipinski definition) is 1. The van der Waals surface area contributed by atoms with Crippen LogP contribution in [0.2, 0.25) is 15.1 Å². The summed E-state index contributed by atoms with van der Waals surface area (Å²) >= 11 is 18.2. The Labute approximate surface area is 135 Å². The van der Waals surface area contributed by atoms with E-state index >= 15 is 0 Å². The molecule has 0 unspecified atom stereocenters. The molecule has 1 heterocycles. The van der Waals surface area contributed by atoms with Crippen molar-refractivity contribution in [3.05, 3.63) is 74.0 Å². The quantitative estimate of drug-likeness (QED) is 0.716. The zero-order valence-electron chi connectivity index (χ0n) is 10.6. The van der Waals surface area contributed by atoms with Crippen LogP contribution in [0.1, 0.15) is 0 Å². The van der Waals surface area contributed by atoms with Crippen LogP contribution in [0.3, 0.4) is 0 Å². The molecule has 0 atom stereocenters. The number of hydrogen-bond acceptors (Lipinski definition) is 1. The van der Waals surface area contributed by atoms with Gasteiger partial charge in [0, 0.05) is 11.1 Å². The van der Waals surface area contributed by atoms with Gasteiger partial charge in [0.25, 0.3) is 5.56 Å². The molecule has 2 aromatic carbocycles. The van der Waals surface area contributed by atoms with Gasteiger partial charge in [0.2, 0.25) is 0 Å². The van der Waals surface area contributed by atoms with E-state index in [9.17, 15) is 4.79 Å². The van der Waals surface area contributed by atoms with Gasteiger partial charge in [-0.2, -0.15) is 0 Å². The van der Waals surface area contributed by atoms with Crippen molar-refractivity contribution in [1.82, 2.24) is 9.78 Å². The van der Waals surface area contributed by atoms with Gasteiger partial charge < -0.3 is 0 Å². The van der Waals surface area contributed by atoms with Crippen LogP contribution >= 0.6 is 34.8 Å². The van der Waals surface area contributed by atoms with Crippen LogP contribution in [0.4, 0.5) is 0 Å². The number of halogens is 3. The van der Waals surface area contributed by atoms with Crippen LogP contribution in [0.5, 0.6) is 0 Å². The maximum absolute atomic E-state index is 12.2. The predicted octanol–water partition coefficient (Wildman–Crippen LogP) is 4.79. The van der Waals surface area contributed by atoms with Gasteiger partial charge >= 0.3 is 0 Å². The molecule has 6 heteroatoms. The van der Waals surface area contributed by atoms with Gasteiger partial charge in [-0.1, -0.05) is 65.1 Å². The van der Waals surface area contributed by atoms with Crippen LogP contribution in [-0.4, -0.2) is 9.78 Å². The van der Waals surface area contributed by atoms with E-state index in [1.165, 1.54) is 10.7 Å². The largest absolute Gasteiger partial charge is 0.290 e. The highest BCUT2D eigenvalue weighted by Crippen LogP contribution is 2.31. The van der Waals surface area contributed by atoms with Crippen molar-refractivity contribution in [3.8, 4) is 16.9 Å². The summed E-state index contributed by atoms with van der Waals surface area (Å²) in [6.45, 7) is 0. The van der Waals surface area contributed by atoms with E-state index in [1.54, 1.807) is 12.1 Å². The van der Waals surface area contributed by atoms with E-state index in [0.29, 0.717) is 26.4 Å². The van der Waals surface area contributed by atoms with E-state index in [2.05, 4.69) is 5.10 Å². The summed E-state index contributed by atoms with van der Waals surface area (Å²) in [4.78, 5) is 12.2. The fraction of sp³-hybridized carbons (Fsp3) is 0. The molecule has 1 aromatic heterocycles. The normalized spacial score (nSPS) is 10.8. The summed E-state index contributed by atoms with van der Waals surface area (Å²) < 4.78 is 1.31. The molecule has 0 fully saturated rings. The van der Waals surface area contributed by atoms with Crippen molar-refractivity contribution in [3.63, 3.8) is 0 Å². The van der Waals surface area contributed by atoms with E-state index < -0.39 is 0 Å². The third-order valence-corrected chi connectivity index (χ3v) is 3.80. The highest BCUT2D eigenvalue weighted by molar-refractivity contribution is 6.40. The molecule has 1 N–H and O–H groups in total. The third kappa shape index (κ3) is 2.72. The lowest BCUT2D eigenvalue weighted by Crippen LogP contribution is -2.14. The number of nitrogens with zero attached hydrogens (tertiary/aromatic N) is 1. The molecule has 0 bridgehead atoms. The lowest BCUT2D eigenvalue weighted by atomic mass is 10.2. The topological polar surface area (TPSA) is 37.8 Å². The Kier molecular flexibility index (Phi) is 3.81. The number of benzene rings is 2. The summed E-state index contributed by atoms with van der Waals surface area (Å²) in [5, 5.41) is 4.02. The second-order valence-electron chi connectivity index (χ2n) is 4.43. The molecule has 3 rings (SSSR count). The predicted molar refractivity (Wildman–Crippen MR) is 86.9 cm³/mol. The molecule has 0 aliphatic rings. The lowest BCUT2D eigenvalue weighted by Gasteiger charge is -2.08. The second kappa shape index (κ2) is 5.60. The minimum Gasteiger partial charge on any atom is -0.290 e. The Morgan fingerprint density at radius 2 is 1.52 bits per heavy atom. The molecule has 3 aromatic rings. The molecule has 0 aliphatic heterocycles. The van der Waals surface area contributed by atoms with Gasteiger partial charge in [-0.25, -0.2) is 4.68 Å². The first kappa shape index (κ1) is 14.3. The zero-order valence-corrected chi connectivity index (χ0v) is 12.9. The van der Waals surface area contributed by atoms with E-state index in [0.717, 1.165) is 5.56 Å². The van der Waals surface area contributed by atoms with Gasteiger partial charge in [-0.05, 0) is 17.7 Å². The highest BCUT2D eigenvalue weighted by Gasteiger charge is 2.14. The molecule has 21 heavy (non-hydrogen) atoms. The minimum absolute atomic E-state index is 0.250. The molecule has 106 valence electrons. The van der Waals surface area contributed by atoms with Gasteiger partial charge in [0.1, 0.15) is 5.69 Å². The van der Waals surface area contributed by atoms with Crippen molar-refractivity contribution < 1.29 is 0 Å². The van der Waals surface area contributed by atoms with Crippen LogP contribution in [-0.2, 0) is 0 Å². The smallest absolute Gasteiger partial charge is 0.271 e. The summed E-state index contributed by atoms with van der Waals surface area (Å²) in [6, 6.07) is 14.1. The Bertz CT molecular complexity index is 830. The van der Waals surface area contributed by atoms with E-state index in [1.807, 2.05) is 30.3 Å². The van der Waals surface area contributed by atoms with Crippen LogP contribution in [0.15, 0.2) is 53.3 Å². The van der Waals surface area contributed by atoms with Crippen molar-refractivity contribution in [1.29, 1.82) is 0 Å². The Morgan fingerprint density at radius 1 is 0.905 bits per heavy atom. The van der Waals surface area contributed by atoms with Crippen molar-refractivity contribution in [2.45, 2.75) is 0 Å². The molecule has 0 saturated carbocycles. The van der Waals surface area contributed by atoms with E-state index in [-0.39, 0.29) is 5.56 Å². The fourth-order valence-corrected chi connectivity index (χ4v) is 3.06. The number of H-pyrrole nitrogens is 1. The van der Waals surface area contributed by atoms with Gasteiger partial charge in [0.05, 0.1) is 15.7 Å². The van der Waals surface area contributed by atoms with Crippen molar-refractivity contribution in [2.75, 3.05) is 0 Å². The Balaban J connectivity index is 2.18. The molecule has 0 amide bonds. The van der Waals surface area contributed by atoms with Crippen LogP contribution < -0.4 is 5.56 Å². The molecule has 0 aliphatic carbocycles. The highest BCUT2D eigenvalue weighted by atomic mass is 35.5. The minimum atomic E-state index is -0.250. The molecule has 0 saturated heterocycles. The molecule has 0 radical (unpaired) electrons. The third-order valence-electron chi connectivity index (χ3n) is 3.01. The fourth-order valence-electron chi connectivity index (χ4n) is 2.08. The first-order valence-corrected chi connectivity index (χ1v) is 7.22. The van der Waals surface area contributed by atoms with Gasteiger partial charge in [0.15, 0.2) is 0 Å². The monoisotopic (exact) mass is 338 g/mol. The van der Waals surface area contributed by atoms with Crippen molar-refractivity contribution >= 4 is 34.8 Å². The molecule has 0 spiro atoms. The average molecular weight is 340 g/mol. The number of rotatable bonds is 2. The lowest BCUT2D eigenvalue weighted by molar-refractivity contribution is 0.853. The number of nitrogens with one attached hydrogen (secondary N) is 1. The summed E-state index contributed by atoms with van der Waals surface area (Å²) in [5.41, 5.74) is 1.71. The Morgan fingerprint density at radius 3 is 2.14 bits per heavy atom. The average Bonchev–Trinajstić information content (AvgIpc) is 2.81. The molecular formula is C15H9Cl3N2O. The maximum atomic E-state index is 12.2. The first-order chi connectivity index (χ1) is 10.1. The Hall–Kier alpha value is -1.68.